The summed E-state index contributed by atoms with van der Waals surface area (Å²) in [6.45, 7) is 7.39. The number of ether oxygens (including phenoxy) is 1. The average Bonchev–Trinajstić information content (AvgIpc) is 2.71. The first-order chi connectivity index (χ1) is 7.83. The maximum atomic E-state index is 9.02. The van der Waals surface area contributed by atoms with E-state index in [1.165, 1.54) is 5.69 Å². The van der Waals surface area contributed by atoms with E-state index in [1.807, 2.05) is 17.7 Å². The minimum atomic E-state index is 0.0267. The van der Waals surface area contributed by atoms with E-state index < -0.39 is 0 Å². The largest absolute Gasteiger partial charge is 0.390 e. The Labute approximate surface area is 95.6 Å². The van der Waals surface area contributed by atoms with Crippen molar-refractivity contribution in [1.29, 1.82) is 0 Å². The van der Waals surface area contributed by atoms with Gasteiger partial charge in [0, 0.05) is 26.2 Å². The van der Waals surface area contributed by atoms with Gasteiger partial charge in [-0.05, 0) is 13.0 Å². The van der Waals surface area contributed by atoms with Crippen molar-refractivity contribution in [1.82, 2.24) is 14.7 Å². The van der Waals surface area contributed by atoms with Crippen LogP contribution in [0.4, 0.5) is 0 Å². The van der Waals surface area contributed by atoms with E-state index >= 15 is 0 Å². The number of aliphatic hydroxyl groups is 1. The lowest BCUT2D eigenvalue weighted by Gasteiger charge is -2.27. The summed E-state index contributed by atoms with van der Waals surface area (Å²) in [5.74, 6) is 0. The van der Waals surface area contributed by atoms with Crippen molar-refractivity contribution in [2.75, 3.05) is 26.3 Å². The van der Waals surface area contributed by atoms with Crippen LogP contribution in [0.5, 0.6) is 0 Å². The monoisotopic (exact) mass is 225 g/mol. The third kappa shape index (κ3) is 2.61. The quantitative estimate of drug-likeness (QED) is 0.729. The molecule has 0 aromatic carbocycles. The number of nitrogens with zero attached hydrogens (tertiary/aromatic N) is 3. The summed E-state index contributed by atoms with van der Waals surface area (Å²) in [6.07, 6.45) is 0. The minimum absolute atomic E-state index is 0.0267. The highest BCUT2D eigenvalue weighted by Crippen LogP contribution is 2.13. The standard InChI is InChI=1S/C11H19N3O2/c1-2-16-6-5-13-3-4-14-11(8-13)7-10(9-15)12-14/h7,15H,2-6,8-9H2,1H3. The van der Waals surface area contributed by atoms with E-state index in [-0.39, 0.29) is 6.61 Å². The molecule has 0 unspecified atom stereocenters. The highest BCUT2D eigenvalue weighted by Gasteiger charge is 2.17. The summed E-state index contributed by atoms with van der Waals surface area (Å²) in [7, 11) is 0. The molecule has 1 N–H and O–H groups in total. The molecule has 0 aliphatic carbocycles. The second-order valence-electron chi connectivity index (χ2n) is 3.98. The maximum absolute atomic E-state index is 9.02. The van der Waals surface area contributed by atoms with E-state index in [2.05, 4.69) is 10.00 Å². The Morgan fingerprint density at radius 2 is 2.38 bits per heavy atom. The van der Waals surface area contributed by atoms with Gasteiger partial charge in [-0.2, -0.15) is 5.10 Å². The van der Waals surface area contributed by atoms with Crippen LogP contribution in [0.3, 0.4) is 0 Å². The minimum Gasteiger partial charge on any atom is -0.390 e. The van der Waals surface area contributed by atoms with Crippen molar-refractivity contribution < 1.29 is 9.84 Å². The number of fused-ring (bicyclic) bond motifs is 1. The SMILES string of the molecule is CCOCCN1CCn2nc(CO)cc2C1. The number of aromatic nitrogens is 2. The molecule has 0 bridgehead atoms. The molecule has 1 aliphatic heterocycles. The summed E-state index contributed by atoms with van der Waals surface area (Å²) in [5.41, 5.74) is 1.95. The first kappa shape index (κ1) is 11.6. The summed E-state index contributed by atoms with van der Waals surface area (Å²) in [4.78, 5) is 2.35. The molecule has 0 amide bonds. The van der Waals surface area contributed by atoms with Gasteiger partial charge in [-0.15, -0.1) is 0 Å². The molecule has 0 radical (unpaired) electrons. The highest BCUT2D eigenvalue weighted by atomic mass is 16.5. The second-order valence-corrected chi connectivity index (χ2v) is 3.98. The zero-order valence-electron chi connectivity index (χ0n) is 9.72. The molecule has 0 spiro atoms. The lowest BCUT2D eigenvalue weighted by molar-refractivity contribution is 0.101. The van der Waals surface area contributed by atoms with Gasteiger partial charge >= 0.3 is 0 Å². The zero-order chi connectivity index (χ0) is 11.4. The molecule has 5 nitrogen and oxygen atoms in total. The van der Waals surface area contributed by atoms with Crippen molar-refractivity contribution in [3.05, 3.63) is 17.5 Å². The number of hydrogen-bond acceptors (Lipinski definition) is 4. The fourth-order valence-corrected chi connectivity index (χ4v) is 1.99. The van der Waals surface area contributed by atoms with Crippen LogP contribution < -0.4 is 0 Å². The predicted octanol–water partition coefficient (Wildman–Crippen LogP) is 0.227. The maximum Gasteiger partial charge on any atom is 0.0882 e. The van der Waals surface area contributed by atoms with E-state index in [0.29, 0.717) is 0 Å². The third-order valence-electron chi connectivity index (χ3n) is 2.85. The van der Waals surface area contributed by atoms with Gasteiger partial charge in [0.2, 0.25) is 0 Å². The molecule has 1 aliphatic rings. The van der Waals surface area contributed by atoms with Crippen LogP contribution in [0.1, 0.15) is 18.3 Å². The summed E-state index contributed by atoms with van der Waals surface area (Å²) in [5, 5.41) is 13.3. The number of rotatable bonds is 5. The fourth-order valence-electron chi connectivity index (χ4n) is 1.99. The van der Waals surface area contributed by atoms with Crippen LogP contribution in [-0.4, -0.2) is 46.1 Å². The molecule has 1 aromatic rings. The van der Waals surface area contributed by atoms with Crippen LogP contribution in [0.25, 0.3) is 0 Å². The lowest BCUT2D eigenvalue weighted by Crippen LogP contribution is -2.36. The number of hydrogen-bond donors (Lipinski definition) is 1. The molecular weight excluding hydrogens is 206 g/mol. The summed E-state index contributed by atoms with van der Waals surface area (Å²) < 4.78 is 7.34. The molecule has 16 heavy (non-hydrogen) atoms. The zero-order valence-corrected chi connectivity index (χ0v) is 9.72. The normalized spacial score (nSPS) is 16.4. The first-order valence-corrected chi connectivity index (χ1v) is 5.80. The Morgan fingerprint density at radius 1 is 1.50 bits per heavy atom. The molecule has 2 rings (SSSR count). The van der Waals surface area contributed by atoms with E-state index in [4.69, 9.17) is 9.84 Å². The van der Waals surface area contributed by atoms with Crippen LogP contribution in [0.2, 0.25) is 0 Å². The second kappa shape index (κ2) is 5.43. The topological polar surface area (TPSA) is 50.5 Å². The van der Waals surface area contributed by atoms with Crippen molar-refractivity contribution >= 4 is 0 Å². The van der Waals surface area contributed by atoms with Crippen molar-refractivity contribution in [3.63, 3.8) is 0 Å². The van der Waals surface area contributed by atoms with Crippen molar-refractivity contribution in [3.8, 4) is 0 Å². The smallest absolute Gasteiger partial charge is 0.0882 e. The predicted molar refractivity (Wildman–Crippen MR) is 59.9 cm³/mol. The Bertz CT molecular complexity index is 338. The van der Waals surface area contributed by atoms with E-state index in [0.717, 1.165) is 45.1 Å². The molecule has 0 fully saturated rings. The van der Waals surface area contributed by atoms with Crippen LogP contribution in [0, 0.1) is 0 Å². The van der Waals surface area contributed by atoms with E-state index in [1.54, 1.807) is 0 Å². The molecule has 90 valence electrons. The van der Waals surface area contributed by atoms with Gasteiger partial charge in [-0.1, -0.05) is 0 Å². The summed E-state index contributed by atoms with van der Waals surface area (Å²) >= 11 is 0. The van der Waals surface area contributed by atoms with Crippen molar-refractivity contribution in [2.45, 2.75) is 26.6 Å². The Kier molecular flexibility index (Phi) is 3.93. The molecule has 5 heteroatoms. The third-order valence-corrected chi connectivity index (χ3v) is 2.85. The Hall–Kier alpha value is -0.910. The first-order valence-electron chi connectivity index (χ1n) is 5.80. The van der Waals surface area contributed by atoms with Crippen LogP contribution in [0.15, 0.2) is 6.07 Å². The fraction of sp³-hybridized carbons (Fsp3) is 0.727. The van der Waals surface area contributed by atoms with Gasteiger partial charge in [0.05, 0.1) is 31.1 Å². The molecule has 0 saturated carbocycles. The van der Waals surface area contributed by atoms with E-state index in [9.17, 15) is 0 Å². The van der Waals surface area contributed by atoms with Gasteiger partial charge in [0.15, 0.2) is 0 Å². The molecule has 2 heterocycles. The molecule has 0 saturated heterocycles. The Balaban J connectivity index is 1.90. The molecule has 0 atom stereocenters. The highest BCUT2D eigenvalue weighted by molar-refractivity contribution is 5.11. The van der Waals surface area contributed by atoms with Gasteiger partial charge < -0.3 is 9.84 Å². The Morgan fingerprint density at radius 3 is 3.12 bits per heavy atom. The van der Waals surface area contributed by atoms with Crippen LogP contribution in [-0.2, 0) is 24.4 Å². The van der Waals surface area contributed by atoms with Gasteiger partial charge in [-0.25, -0.2) is 0 Å². The van der Waals surface area contributed by atoms with Crippen molar-refractivity contribution in [2.24, 2.45) is 0 Å². The number of aliphatic hydroxyl groups excluding tert-OH is 1. The summed E-state index contributed by atoms with van der Waals surface area (Å²) in [6, 6.07) is 1.98. The molecular formula is C11H19N3O2. The molecule has 1 aromatic heterocycles. The average molecular weight is 225 g/mol. The van der Waals surface area contributed by atoms with Gasteiger partial charge in [0.1, 0.15) is 0 Å². The van der Waals surface area contributed by atoms with Gasteiger partial charge in [0.25, 0.3) is 0 Å². The van der Waals surface area contributed by atoms with Gasteiger partial charge in [-0.3, -0.25) is 9.58 Å². The van der Waals surface area contributed by atoms with Crippen LogP contribution >= 0.6 is 0 Å². The lowest BCUT2D eigenvalue weighted by atomic mass is 10.3.